The maximum absolute atomic E-state index is 12.9. The fraction of sp³-hybridized carbons (Fsp3) is 0.632. The molecule has 0 aliphatic carbocycles. The number of nitrogens with one attached hydrogen (secondary N) is 1. The van der Waals surface area contributed by atoms with E-state index in [1.54, 1.807) is 6.07 Å². The highest BCUT2D eigenvalue weighted by Gasteiger charge is 2.42. The molecule has 0 spiro atoms. The lowest BCUT2D eigenvalue weighted by Gasteiger charge is -2.33. The third-order valence-corrected chi connectivity index (χ3v) is 5.52. The Morgan fingerprint density at radius 3 is 2.17 bits per heavy atom. The summed E-state index contributed by atoms with van der Waals surface area (Å²) >= 11 is 0. The van der Waals surface area contributed by atoms with Gasteiger partial charge in [-0.1, -0.05) is 6.07 Å². The minimum absolute atomic E-state index is 0.0542. The highest BCUT2D eigenvalue weighted by Crippen LogP contribution is 2.36. The first kappa shape index (κ1) is 21.7. The van der Waals surface area contributed by atoms with Gasteiger partial charge in [-0.2, -0.15) is 13.2 Å². The zero-order chi connectivity index (χ0) is 21.2. The Bertz CT molecular complexity index is 720. The molecule has 0 unspecified atom stereocenters. The third-order valence-electron chi connectivity index (χ3n) is 5.52. The van der Waals surface area contributed by atoms with E-state index in [0.717, 1.165) is 30.8 Å². The van der Waals surface area contributed by atoms with E-state index < -0.39 is 30.1 Å². The van der Waals surface area contributed by atoms with E-state index >= 15 is 0 Å². The van der Waals surface area contributed by atoms with Crippen LogP contribution in [0, 0.1) is 5.92 Å². The van der Waals surface area contributed by atoms with Gasteiger partial charge in [-0.05, 0) is 62.4 Å². The van der Waals surface area contributed by atoms with Crippen molar-refractivity contribution in [2.24, 2.45) is 5.92 Å². The molecule has 1 aromatic rings. The second-order valence-corrected chi connectivity index (χ2v) is 7.44. The average molecular weight is 424 g/mol. The van der Waals surface area contributed by atoms with Crippen molar-refractivity contribution in [2.75, 3.05) is 26.2 Å². The van der Waals surface area contributed by atoms with Crippen LogP contribution in [0.1, 0.15) is 47.5 Å². The van der Waals surface area contributed by atoms with E-state index in [4.69, 9.17) is 0 Å². The molecule has 1 amide bonds. The lowest BCUT2D eigenvalue weighted by atomic mass is 9.89. The van der Waals surface area contributed by atoms with E-state index in [9.17, 15) is 31.1 Å². The summed E-state index contributed by atoms with van der Waals surface area (Å²) in [6.07, 6.45) is -8.34. The monoisotopic (exact) mass is 424 g/mol. The molecule has 29 heavy (non-hydrogen) atoms. The van der Waals surface area contributed by atoms with Crippen LogP contribution in [0.15, 0.2) is 18.2 Å². The van der Waals surface area contributed by atoms with E-state index in [-0.39, 0.29) is 37.4 Å². The Balaban J connectivity index is 1.80. The summed E-state index contributed by atoms with van der Waals surface area (Å²) < 4.78 is 81.2. The highest BCUT2D eigenvalue weighted by atomic mass is 19.4. The van der Waals surface area contributed by atoms with Crippen molar-refractivity contribution in [2.45, 2.75) is 44.1 Å². The molecule has 1 aromatic carbocycles. The van der Waals surface area contributed by atoms with Crippen molar-refractivity contribution < 1.29 is 35.9 Å². The van der Waals surface area contributed by atoms with Gasteiger partial charge in [0.05, 0.1) is 11.5 Å². The largest absolute Gasteiger partial charge is 0.573 e. The van der Waals surface area contributed by atoms with Gasteiger partial charge < -0.3 is 15.0 Å². The van der Waals surface area contributed by atoms with Gasteiger partial charge in [0, 0.05) is 13.1 Å². The second-order valence-electron chi connectivity index (χ2n) is 7.44. The molecule has 2 aliphatic rings. The van der Waals surface area contributed by atoms with Crippen molar-refractivity contribution in [1.82, 2.24) is 10.2 Å². The van der Waals surface area contributed by atoms with Crippen LogP contribution in [-0.4, -0.2) is 49.5 Å². The van der Waals surface area contributed by atoms with Crippen LogP contribution in [0.2, 0.25) is 0 Å². The van der Waals surface area contributed by atoms with E-state index in [2.05, 4.69) is 10.1 Å². The summed E-state index contributed by atoms with van der Waals surface area (Å²) in [5.41, 5.74) is 0.364. The first-order valence-corrected chi connectivity index (χ1v) is 9.51. The van der Waals surface area contributed by atoms with Crippen molar-refractivity contribution >= 4 is 5.91 Å². The van der Waals surface area contributed by atoms with Gasteiger partial charge in [0.1, 0.15) is 5.75 Å². The maximum atomic E-state index is 12.9. The SMILES string of the molecule is O=C(c1ccc(C2CCNCC2)cc1OC(F)(F)F)N1CCC(C(F)(F)F)CC1. The number of piperidine rings is 2. The van der Waals surface area contributed by atoms with Gasteiger partial charge in [-0.15, -0.1) is 13.2 Å². The van der Waals surface area contributed by atoms with Gasteiger partial charge >= 0.3 is 12.5 Å². The number of alkyl halides is 6. The molecule has 4 nitrogen and oxygen atoms in total. The Morgan fingerprint density at radius 1 is 1.00 bits per heavy atom. The fourth-order valence-corrected chi connectivity index (χ4v) is 3.91. The van der Waals surface area contributed by atoms with E-state index in [0.29, 0.717) is 5.56 Å². The van der Waals surface area contributed by atoms with Crippen LogP contribution in [0.25, 0.3) is 0 Å². The predicted molar refractivity (Wildman–Crippen MR) is 92.7 cm³/mol. The smallest absolute Gasteiger partial charge is 0.405 e. The van der Waals surface area contributed by atoms with Crippen molar-refractivity contribution in [3.05, 3.63) is 29.3 Å². The number of carbonyl (C=O) groups is 1. The molecule has 0 saturated carbocycles. The first-order valence-electron chi connectivity index (χ1n) is 9.51. The molecule has 0 aromatic heterocycles. The Hall–Kier alpha value is -1.97. The molecule has 2 fully saturated rings. The van der Waals surface area contributed by atoms with E-state index in [1.165, 1.54) is 12.1 Å². The maximum Gasteiger partial charge on any atom is 0.573 e. The zero-order valence-electron chi connectivity index (χ0n) is 15.6. The summed E-state index contributed by atoms with van der Waals surface area (Å²) in [6, 6.07) is 4.13. The average Bonchev–Trinajstić information content (AvgIpc) is 2.66. The number of rotatable bonds is 3. The van der Waals surface area contributed by atoms with Gasteiger partial charge in [0.2, 0.25) is 0 Å². The predicted octanol–water partition coefficient (Wildman–Crippen LogP) is 4.47. The molecule has 162 valence electrons. The summed E-state index contributed by atoms with van der Waals surface area (Å²) in [5, 5.41) is 3.17. The van der Waals surface area contributed by atoms with Crippen LogP contribution < -0.4 is 10.1 Å². The topological polar surface area (TPSA) is 41.6 Å². The van der Waals surface area contributed by atoms with Crippen LogP contribution in [0.4, 0.5) is 26.3 Å². The number of nitrogens with zero attached hydrogens (tertiary/aromatic N) is 1. The van der Waals surface area contributed by atoms with Crippen LogP contribution in [0.3, 0.4) is 0 Å². The molecule has 2 saturated heterocycles. The number of carbonyl (C=O) groups excluding carboxylic acids is 1. The fourth-order valence-electron chi connectivity index (χ4n) is 3.91. The van der Waals surface area contributed by atoms with Crippen molar-refractivity contribution in [1.29, 1.82) is 0 Å². The number of amides is 1. The standard InChI is InChI=1S/C19H22F6N2O2/c20-18(21,22)14-5-9-27(10-6-14)17(28)15-2-1-13(12-3-7-26-8-4-12)11-16(15)29-19(23,24)25/h1-2,11-12,14,26H,3-10H2. The van der Waals surface area contributed by atoms with Gasteiger partial charge in [0.25, 0.3) is 5.91 Å². The Kier molecular flexibility index (Phi) is 6.30. The molecule has 2 aliphatic heterocycles. The number of halogens is 6. The first-order chi connectivity index (χ1) is 13.5. The number of hydrogen-bond acceptors (Lipinski definition) is 3. The molecule has 0 bridgehead atoms. The van der Waals surface area contributed by atoms with Gasteiger partial charge in [0.15, 0.2) is 0 Å². The molecule has 10 heteroatoms. The molecule has 0 atom stereocenters. The summed E-state index contributed by atoms with van der Waals surface area (Å²) in [5.74, 6) is -2.79. The molecular weight excluding hydrogens is 402 g/mol. The minimum atomic E-state index is -4.98. The second kappa shape index (κ2) is 8.41. The third kappa shape index (κ3) is 5.55. The van der Waals surface area contributed by atoms with Crippen molar-refractivity contribution in [3.63, 3.8) is 0 Å². The number of hydrogen-bond donors (Lipinski definition) is 1. The van der Waals surface area contributed by atoms with E-state index in [1.807, 2.05) is 0 Å². The molecule has 3 rings (SSSR count). The number of benzene rings is 1. The normalized spacial score (nSPS) is 20.0. The zero-order valence-corrected chi connectivity index (χ0v) is 15.6. The molecular formula is C19H22F6N2O2. The van der Waals surface area contributed by atoms with Crippen LogP contribution >= 0.6 is 0 Å². The summed E-state index contributed by atoms with van der Waals surface area (Å²) in [4.78, 5) is 13.9. The van der Waals surface area contributed by atoms with Gasteiger partial charge in [-0.25, -0.2) is 0 Å². The van der Waals surface area contributed by atoms with Crippen LogP contribution in [0.5, 0.6) is 5.75 Å². The lowest BCUT2D eigenvalue weighted by molar-refractivity contribution is -0.274. The minimum Gasteiger partial charge on any atom is -0.405 e. The van der Waals surface area contributed by atoms with Crippen LogP contribution in [-0.2, 0) is 0 Å². The lowest BCUT2D eigenvalue weighted by Crippen LogP contribution is -2.42. The molecule has 0 radical (unpaired) electrons. The Labute approximate surface area is 164 Å². The Morgan fingerprint density at radius 2 is 1.62 bits per heavy atom. The summed E-state index contributed by atoms with van der Waals surface area (Å²) in [6.45, 7) is 1.17. The number of likely N-dealkylation sites (tertiary alicyclic amines) is 1. The quantitative estimate of drug-likeness (QED) is 0.729. The summed E-state index contributed by atoms with van der Waals surface area (Å²) in [7, 11) is 0. The molecule has 1 N–H and O–H groups in total. The van der Waals surface area contributed by atoms with Gasteiger partial charge in [-0.3, -0.25) is 4.79 Å². The molecule has 2 heterocycles. The highest BCUT2D eigenvalue weighted by molar-refractivity contribution is 5.97. The van der Waals surface area contributed by atoms with Crippen molar-refractivity contribution in [3.8, 4) is 5.75 Å². The number of ether oxygens (including phenoxy) is 1.